The van der Waals surface area contributed by atoms with Gasteiger partial charge in [0.15, 0.2) is 0 Å². The molecule has 0 aliphatic carbocycles. The quantitative estimate of drug-likeness (QED) is 0.498. The normalized spacial score (nSPS) is 19.6. The van der Waals surface area contributed by atoms with Crippen molar-refractivity contribution in [3.05, 3.63) is 0 Å². The van der Waals surface area contributed by atoms with Crippen LogP contribution in [-0.2, 0) is 4.79 Å². The van der Waals surface area contributed by atoms with Crippen molar-refractivity contribution in [2.75, 3.05) is 0 Å². The van der Waals surface area contributed by atoms with E-state index in [1.54, 1.807) is 6.92 Å². The van der Waals surface area contributed by atoms with Crippen molar-refractivity contribution < 1.29 is 15.0 Å². The van der Waals surface area contributed by atoms with Crippen LogP contribution in [0.5, 0.6) is 0 Å². The fourth-order valence-corrected chi connectivity index (χ4v) is 0.601. The summed E-state index contributed by atoms with van der Waals surface area (Å²) >= 11 is 0. The van der Waals surface area contributed by atoms with E-state index in [0.29, 0.717) is 0 Å². The number of nitrogens with two attached hydrogens (primary N) is 1. The first-order valence-electron chi connectivity index (χ1n) is 3.13. The van der Waals surface area contributed by atoms with Crippen molar-refractivity contribution in [1.82, 2.24) is 0 Å². The average Bonchev–Trinajstić information content (AvgIpc) is 1.84. The molecule has 4 N–H and O–H groups in total. The van der Waals surface area contributed by atoms with Gasteiger partial charge in [0.2, 0.25) is 0 Å². The van der Waals surface area contributed by atoms with E-state index in [4.69, 9.17) is 15.9 Å². The number of carbonyl (C=O) groups is 1. The average molecular weight is 147 g/mol. The monoisotopic (exact) mass is 147 g/mol. The molecule has 0 aliphatic rings. The minimum absolute atomic E-state index is 0.494. The van der Waals surface area contributed by atoms with Gasteiger partial charge in [-0.1, -0.05) is 0 Å². The lowest BCUT2D eigenvalue weighted by atomic mass is 10.0. The van der Waals surface area contributed by atoms with Gasteiger partial charge in [0.1, 0.15) is 0 Å². The molecule has 4 heteroatoms. The number of carboxylic acid groups (broad SMARTS) is 1. The van der Waals surface area contributed by atoms with Crippen molar-refractivity contribution in [2.45, 2.75) is 26.0 Å². The van der Waals surface area contributed by atoms with Gasteiger partial charge in [-0.3, -0.25) is 4.79 Å². The molecule has 0 saturated heterocycles. The van der Waals surface area contributed by atoms with Crippen molar-refractivity contribution in [3.8, 4) is 0 Å². The number of carboxylic acids is 1. The third kappa shape index (κ3) is 2.33. The van der Waals surface area contributed by atoms with Gasteiger partial charge < -0.3 is 15.9 Å². The van der Waals surface area contributed by atoms with Gasteiger partial charge in [-0.2, -0.15) is 0 Å². The van der Waals surface area contributed by atoms with Crippen LogP contribution in [0.4, 0.5) is 0 Å². The van der Waals surface area contributed by atoms with Crippen molar-refractivity contribution in [3.63, 3.8) is 0 Å². The van der Waals surface area contributed by atoms with Gasteiger partial charge >= 0.3 is 5.97 Å². The highest BCUT2D eigenvalue weighted by Crippen LogP contribution is 2.05. The summed E-state index contributed by atoms with van der Waals surface area (Å²) < 4.78 is 0. The highest BCUT2D eigenvalue weighted by Gasteiger charge is 2.23. The summed E-state index contributed by atoms with van der Waals surface area (Å²) in [4.78, 5) is 10.2. The van der Waals surface area contributed by atoms with Crippen LogP contribution in [0.15, 0.2) is 0 Å². The molecule has 0 unspecified atom stereocenters. The topological polar surface area (TPSA) is 83.5 Å². The van der Waals surface area contributed by atoms with Crippen LogP contribution in [0.3, 0.4) is 0 Å². The van der Waals surface area contributed by atoms with Gasteiger partial charge in [-0.25, -0.2) is 0 Å². The van der Waals surface area contributed by atoms with Crippen molar-refractivity contribution >= 4 is 5.97 Å². The lowest BCUT2D eigenvalue weighted by molar-refractivity contribution is -0.145. The number of aliphatic hydroxyl groups is 1. The Bertz CT molecular complexity index is 124. The van der Waals surface area contributed by atoms with Crippen LogP contribution in [0.2, 0.25) is 0 Å². The molecule has 0 aliphatic heterocycles. The molecule has 0 aromatic rings. The van der Waals surface area contributed by atoms with Gasteiger partial charge in [-0.05, 0) is 13.8 Å². The van der Waals surface area contributed by atoms with Crippen LogP contribution in [0.1, 0.15) is 13.8 Å². The summed E-state index contributed by atoms with van der Waals surface area (Å²) in [5.41, 5.74) is 5.26. The summed E-state index contributed by atoms with van der Waals surface area (Å²) in [6.45, 7) is 3.00. The van der Waals surface area contributed by atoms with Gasteiger partial charge in [0, 0.05) is 6.04 Å². The Balaban J connectivity index is 3.94. The second-order valence-corrected chi connectivity index (χ2v) is 2.48. The van der Waals surface area contributed by atoms with Crippen molar-refractivity contribution in [1.29, 1.82) is 0 Å². The van der Waals surface area contributed by atoms with E-state index >= 15 is 0 Å². The Kier molecular flexibility index (Phi) is 3.32. The predicted molar refractivity (Wildman–Crippen MR) is 36.5 cm³/mol. The molecular formula is C6H13NO3. The predicted octanol–water partition coefficient (Wildman–Crippen LogP) is -0.585. The summed E-state index contributed by atoms with van der Waals surface area (Å²) in [7, 11) is 0. The molecule has 60 valence electrons. The fourth-order valence-electron chi connectivity index (χ4n) is 0.601. The molecule has 0 spiro atoms. The van der Waals surface area contributed by atoms with E-state index in [1.807, 2.05) is 0 Å². The first-order valence-corrected chi connectivity index (χ1v) is 3.13. The number of hydrogen-bond donors (Lipinski definition) is 3. The van der Waals surface area contributed by atoms with Crippen LogP contribution >= 0.6 is 0 Å². The lowest BCUT2D eigenvalue weighted by Crippen LogP contribution is -2.39. The third-order valence-electron chi connectivity index (χ3n) is 1.44. The van der Waals surface area contributed by atoms with Crippen LogP contribution in [0.25, 0.3) is 0 Å². The Hall–Kier alpha value is -0.610. The SMILES string of the molecule is C[C@H](C(=O)O)[C@H](O)[C@@H](C)N. The van der Waals surface area contributed by atoms with E-state index in [9.17, 15) is 4.79 Å². The van der Waals surface area contributed by atoms with Crippen LogP contribution in [0, 0.1) is 5.92 Å². The maximum Gasteiger partial charge on any atom is 0.308 e. The minimum Gasteiger partial charge on any atom is -0.481 e. The van der Waals surface area contributed by atoms with Crippen LogP contribution in [-0.4, -0.2) is 28.3 Å². The largest absolute Gasteiger partial charge is 0.481 e. The molecule has 10 heavy (non-hydrogen) atoms. The molecule has 3 atom stereocenters. The van der Waals surface area contributed by atoms with Gasteiger partial charge in [0.05, 0.1) is 12.0 Å². The smallest absolute Gasteiger partial charge is 0.308 e. The Morgan fingerprint density at radius 1 is 1.50 bits per heavy atom. The summed E-state index contributed by atoms with van der Waals surface area (Å²) in [5, 5.41) is 17.4. The Morgan fingerprint density at radius 3 is 2.00 bits per heavy atom. The zero-order valence-corrected chi connectivity index (χ0v) is 6.11. The van der Waals surface area contributed by atoms with E-state index in [1.165, 1.54) is 6.92 Å². The van der Waals surface area contributed by atoms with E-state index < -0.39 is 24.0 Å². The van der Waals surface area contributed by atoms with Gasteiger partial charge in [-0.15, -0.1) is 0 Å². The molecule has 0 aromatic carbocycles. The zero-order valence-electron chi connectivity index (χ0n) is 6.11. The second kappa shape index (κ2) is 3.53. The number of aliphatic carboxylic acids is 1. The Morgan fingerprint density at radius 2 is 1.90 bits per heavy atom. The maximum absolute atomic E-state index is 10.2. The molecule has 0 heterocycles. The van der Waals surface area contributed by atoms with E-state index in [-0.39, 0.29) is 0 Å². The summed E-state index contributed by atoms with van der Waals surface area (Å²) in [6.07, 6.45) is -0.961. The highest BCUT2D eigenvalue weighted by molar-refractivity contribution is 5.70. The number of aliphatic hydroxyl groups excluding tert-OH is 1. The fraction of sp³-hybridized carbons (Fsp3) is 0.833. The van der Waals surface area contributed by atoms with Gasteiger partial charge in [0.25, 0.3) is 0 Å². The molecule has 0 fully saturated rings. The maximum atomic E-state index is 10.2. The first kappa shape index (κ1) is 9.39. The first-order chi connectivity index (χ1) is 4.46. The molecular weight excluding hydrogens is 134 g/mol. The molecule has 0 bridgehead atoms. The number of rotatable bonds is 3. The van der Waals surface area contributed by atoms with Crippen LogP contribution < -0.4 is 5.73 Å². The molecule has 0 rings (SSSR count). The number of hydrogen-bond acceptors (Lipinski definition) is 3. The molecule has 0 aromatic heterocycles. The highest BCUT2D eigenvalue weighted by atomic mass is 16.4. The molecule has 0 radical (unpaired) electrons. The molecule has 0 amide bonds. The third-order valence-corrected chi connectivity index (χ3v) is 1.44. The zero-order chi connectivity index (χ0) is 8.31. The van der Waals surface area contributed by atoms with E-state index in [0.717, 1.165) is 0 Å². The summed E-state index contributed by atoms with van der Waals surface area (Å²) in [5.74, 6) is -1.82. The minimum atomic E-state index is -1.02. The Labute approximate surface area is 59.7 Å². The molecule has 4 nitrogen and oxygen atoms in total. The van der Waals surface area contributed by atoms with E-state index in [2.05, 4.69) is 0 Å². The lowest BCUT2D eigenvalue weighted by Gasteiger charge is -2.17. The molecule has 0 saturated carbocycles. The standard InChI is InChI=1S/C6H13NO3/c1-3(6(9)10)5(8)4(2)7/h3-5,8H,7H2,1-2H3,(H,9,10)/t3-,4+,5-/m0/s1. The van der Waals surface area contributed by atoms with Crippen molar-refractivity contribution in [2.24, 2.45) is 11.7 Å². The second-order valence-electron chi connectivity index (χ2n) is 2.48. The summed E-state index contributed by atoms with van der Waals surface area (Å²) in [6, 6.07) is -0.494.